The third-order valence-corrected chi connectivity index (χ3v) is 3.14. The highest BCUT2D eigenvalue weighted by atomic mass is 16.5. The highest BCUT2D eigenvalue weighted by Gasteiger charge is 2.16. The molecule has 0 radical (unpaired) electrons. The van der Waals surface area contributed by atoms with Gasteiger partial charge in [-0.1, -0.05) is 5.16 Å². The van der Waals surface area contributed by atoms with Crippen LogP contribution in [0.4, 0.5) is 0 Å². The summed E-state index contributed by atoms with van der Waals surface area (Å²) in [6.45, 7) is 5.30. The summed E-state index contributed by atoms with van der Waals surface area (Å²) in [5.74, 6) is -0.428. The Kier molecular flexibility index (Phi) is 4.11. The van der Waals surface area contributed by atoms with Crippen molar-refractivity contribution in [2.45, 2.75) is 33.7 Å². The minimum absolute atomic E-state index is 0.107. The largest absolute Gasteiger partial charge is 0.475 e. The van der Waals surface area contributed by atoms with Crippen LogP contribution in [0.2, 0.25) is 0 Å². The van der Waals surface area contributed by atoms with E-state index in [4.69, 9.17) is 14.0 Å². The number of aromatic carboxylic acids is 1. The number of hydrogen-bond acceptors (Lipinski definition) is 5. The monoisotopic (exact) mass is 292 g/mol. The van der Waals surface area contributed by atoms with E-state index >= 15 is 0 Å². The van der Waals surface area contributed by atoms with Crippen molar-refractivity contribution < 1.29 is 23.6 Å². The quantitative estimate of drug-likeness (QED) is 0.869. The first-order valence-corrected chi connectivity index (χ1v) is 6.39. The number of carboxylic acids is 1. The van der Waals surface area contributed by atoms with Gasteiger partial charge in [0.05, 0.1) is 18.7 Å². The van der Waals surface area contributed by atoms with E-state index in [-0.39, 0.29) is 24.6 Å². The van der Waals surface area contributed by atoms with Gasteiger partial charge in [0.2, 0.25) is 11.7 Å². The third-order valence-electron chi connectivity index (χ3n) is 3.14. The normalized spacial score (nSPS) is 10.6. The van der Waals surface area contributed by atoms with Gasteiger partial charge in [0, 0.05) is 11.1 Å². The molecule has 2 N–H and O–H groups in total. The zero-order valence-corrected chi connectivity index (χ0v) is 12.0. The number of hydrogen-bond donors (Lipinski definition) is 2. The molecule has 0 bridgehead atoms. The molecule has 0 unspecified atom stereocenters. The van der Waals surface area contributed by atoms with Crippen LogP contribution in [-0.2, 0) is 17.8 Å². The molecule has 2 aromatic heterocycles. The average molecular weight is 292 g/mol. The van der Waals surface area contributed by atoms with Gasteiger partial charge < -0.3 is 19.4 Å². The molecule has 7 heteroatoms. The Balaban J connectivity index is 1.95. The van der Waals surface area contributed by atoms with Crippen molar-refractivity contribution in [3.63, 3.8) is 0 Å². The molecule has 7 nitrogen and oxygen atoms in total. The molecule has 0 aliphatic carbocycles. The van der Waals surface area contributed by atoms with Crippen molar-refractivity contribution in [1.82, 2.24) is 10.5 Å². The number of aromatic nitrogens is 1. The molecule has 0 spiro atoms. The van der Waals surface area contributed by atoms with E-state index in [2.05, 4.69) is 10.5 Å². The molecule has 0 saturated heterocycles. The maximum absolute atomic E-state index is 11.9. The van der Waals surface area contributed by atoms with E-state index in [1.165, 1.54) is 0 Å². The predicted molar refractivity (Wildman–Crippen MR) is 71.9 cm³/mol. The highest BCUT2D eigenvalue weighted by Crippen LogP contribution is 2.15. The fourth-order valence-electron chi connectivity index (χ4n) is 2.01. The summed E-state index contributed by atoms with van der Waals surface area (Å²) in [6.07, 6.45) is 0.159. The van der Waals surface area contributed by atoms with Crippen molar-refractivity contribution >= 4 is 11.9 Å². The van der Waals surface area contributed by atoms with Crippen LogP contribution < -0.4 is 5.32 Å². The van der Waals surface area contributed by atoms with E-state index in [0.717, 1.165) is 5.56 Å². The molecule has 2 rings (SSSR count). The molecule has 21 heavy (non-hydrogen) atoms. The minimum atomic E-state index is -1.12. The number of rotatable bonds is 5. The van der Waals surface area contributed by atoms with Gasteiger partial charge in [-0.15, -0.1) is 0 Å². The average Bonchev–Trinajstić information content (AvgIpc) is 2.94. The number of furan rings is 1. The fraction of sp³-hybridized carbons (Fsp3) is 0.357. The Labute approximate surface area is 120 Å². The van der Waals surface area contributed by atoms with Crippen molar-refractivity contribution in [3.8, 4) is 0 Å². The molecule has 1 amide bonds. The summed E-state index contributed by atoms with van der Waals surface area (Å²) in [4.78, 5) is 22.7. The Morgan fingerprint density at radius 3 is 2.57 bits per heavy atom. The lowest BCUT2D eigenvalue weighted by molar-refractivity contribution is -0.120. The van der Waals surface area contributed by atoms with E-state index < -0.39 is 5.97 Å². The summed E-state index contributed by atoms with van der Waals surface area (Å²) >= 11 is 0. The van der Waals surface area contributed by atoms with Crippen LogP contribution in [-0.4, -0.2) is 22.1 Å². The summed E-state index contributed by atoms with van der Waals surface area (Å²) in [6, 6.07) is 1.60. The minimum Gasteiger partial charge on any atom is -0.475 e. The van der Waals surface area contributed by atoms with Crippen LogP contribution in [0.3, 0.4) is 0 Å². The maximum atomic E-state index is 11.9. The Morgan fingerprint density at radius 1 is 1.33 bits per heavy atom. The van der Waals surface area contributed by atoms with E-state index in [0.29, 0.717) is 22.8 Å². The van der Waals surface area contributed by atoms with Gasteiger partial charge in [0.25, 0.3) is 0 Å². The zero-order chi connectivity index (χ0) is 15.6. The van der Waals surface area contributed by atoms with Gasteiger partial charge in [0.1, 0.15) is 11.5 Å². The topological polar surface area (TPSA) is 106 Å². The van der Waals surface area contributed by atoms with Crippen LogP contribution in [0.1, 0.15) is 38.9 Å². The molecule has 0 aliphatic heterocycles. The predicted octanol–water partition coefficient (Wildman–Crippen LogP) is 1.75. The zero-order valence-electron chi connectivity index (χ0n) is 12.0. The number of carboxylic acid groups (broad SMARTS) is 1. The number of nitrogens with zero attached hydrogens (tertiary/aromatic N) is 1. The lowest BCUT2D eigenvalue weighted by Gasteiger charge is -2.02. The third kappa shape index (κ3) is 3.31. The number of carbonyl (C=O) groups excluding carboxylic acids is 1. The second-order valence-corrected chi connectivity index (χ2v) is 4.79. The van der Waals surface area contributed by atoms with Crippen LogP contribution in [0.5, 0.6) is 0 Å². The molecule has 2 aromatic rings. The van der Waals surface area contributed by atoms with Gasteiger partial charge in [0.15, 0.2) is 0 Å². The number of carbonyl (C=O) groups is 2. The fourth-order valence-corrected chi connectivity index (χ4v) is 2.01. The van der Waals surface area contributed by atoms with E-state index in [1.807, 2.05) is 0 Å². The second kappa shape index (κ2) is 5.82. The molecule has 0 saturated carbocycles. The number of amides is 1. The number of aryl methyl sites for hydroxylation is 3. The summed E-state index contributed by atoms with van der Waals surface area (Å²) < 4.78 is 10.2. The van der Waals surface area contributed by atoms with Crippen LogP contribution in [0.25, 0.3) is 0 Å². The van der Waals surface area contributed by atoms with E-state index in [9.17, 15) is 9.59 Å². The molecule has 0 aliphatic rings. The first-order valence-electron chi connectivity index (χ1n) is 6.39. The van der Waals surface area contributed by atoms with Gasteiger partial charge in [-0.3, -0.25) is 4.79 Å². The number of nitrogens with one attached hydrogen (secondary N) is 1. The van der Waals surface area contributed by atoms with Crippen LogP contribution >= 0.6 is 0 Å². The van der Waals surface area contributed by atoms with Crippen LogP contribution in [0, 0.1) is 20.8 Å². The van der Waals surface area contributed by atoms with Crippen molar-refractivity contribution in [2.75, 3.05) is 0 Å². The first kappa shape index (κ1) is 14.8. The molecule has 2 heterocycles. The Morgan fingerprint density at radius 2 is 2.05 bits per heavy atom. The molecule has 0 aromatic carbocycles. The molecular weight excluding hydrogens is 276 g/mol. The molecular formula is C14H16N2O5. The van der Waals surface area contributed by atoms with E-state index in [1.54, 1.807) is 26.8 Å². The van der Waals surface area contributed by atoms with Crippen molar-refractivity contribution in [1.29, 1.82) is 0 Å². The Bertz CT molecular complexity index is 664. The van der Waals surface area contributed by atoms with Gasteiger partial charge in [-0.05, 0) is 26.8 Å². The lowest BCUT2D eigenvalue weighted by atomic mass is 10.1. The van der Waals surface area contributed by atoms with Gasteiger partial charge >= 0.3 is 5.97 Å². The molecule has 0 fully saturated rings. The molecule has 0 atom stereocenters. The van der Waals surface area contributed by atoms with Gasteiger partial charge in [-0.25, -0.2) is 4.79 Å². The first-order chi connectivity index (χ1) is 9.88. The summed E-state index contributed by atoms with van der Waals surface area (Å²) in [5.41, 5.74) is 1.97. The maximum Gasteiger partial charge on any atom is 0.372 e. The Hall–Kier alpha value is -2.57. The SMILES string of the molecule is Cc1cc(CNC(=O)Cc2c(C)noc2C)oc1C(=O)O. The van der Waals surface area contributed by atoms with Gasteiger partial charge in [-0.2, -0.15) is 0 Å². The molecule has 112 valence electrons. The second-order valence-electron chi connectivity index (χ2n) is 4.79. The van der Waals surface area contributed by atoms with Crippen LogP contribution in [0.15, 0.2) is 15.0 Å². The smallest absolute Gasteiger partial charge is 0.372 e. The summed E-state index contributed by atoms with van der Waals surface area (Å²) in [5, 5.41) is 15.3. The lowest BCUT2D eigenvalue weighted by Crippen LogP contribution is -2.24. The van der Waals surface area contributed by atoms with Crippen molar-refractivity contribution in [2.24, 2.45) is 0 Å². The van der Waals surface area contributed by atoms with Crippen molar-refractivity contribution in [3.05, 3.63) is 40.2 Å². The summed E-state index contributed by atoms with van der Waals surface area (Å²) in [7, 11) is 0. The standard InChI is InChI=1S/C14H16N2O5/c1-7-4-10(20-13(7)14(18)19)6-15-12(17)5-11-8(2)16-21-9(11)3/h4H,5-6H2,1-3H3,(H,15,17)(H,18,19). The highest BCUT2D eigenvalue weighted by molar-refractivity contribution is 5.86.